The summed E-state index contributed by atoms with van der Waals surface area (Å²) in [7, 11) is 0. The molecule has 0 bridgehead atoms. The Kier molecular flexibility index (Phi) is 4.92. The molecule has 0 aliphatic carbocycles. The second kappa shape index (κ2) is 7.28. The zero-order chi connectivity index (χ0) is 16.1. The zero-order valence-corrected chi connectivity index (χ0v) is 13.4. The summed E-state index contributed by atoms with van der Waals surface area (Å²) in [5.41, 5.74) is 0.949. The predicted octanol–water partition coefficient (Wildman–Crippen LogP) is 2.48. The Labute approximate surface area is 139 Å². The fraction of sp³-hybridized carbons (Fsp3) is 0.312. The van der Waals surface area contributed by atoms with Crippen LogP contribution in [-0.2, 0) is 17.9 Å². The molecule has 2 aromatic heterocycles. The van der Waals surface area contributed by atoms with Gasteiger partial charge in [0.05, 0.1) is 18.4 Å². The van der Waals surface area contributed by atoms with Crippen LogP contribution in [0.5, 0.6) is 0 Å². The third-order valence-corrected chi connectivity index (χ3v) is 3.92. The van der Waals surface area contributed by atoms with E-state index in [-0.39, 0.29) is 5.91 Å². The van der Waals surface area contributed by atoms with Crippen molar-refractivity contribution in [1.29, 1.82) is 0 Å². The van der Waals surface area contributed by atoms with E-state index in [0.717, 1.165) is 23.9 Å². The SMILES string of the molecule is O=C(CCn1nc(Cl)c2ccccc21)NCCCn1ccnc1. The van der Waals surface area contributed by atoms with Crippen molar-refractivity contribution in [2.75, 3.05) is 6.54 Å². The average molecular weight is 332 g/mol. The van der Waals surface area contributed by atoms with Gasteiger partial charge < -0.3 is 9.88 Å². The van der Waals surface area contributed by atoms with Crippen LogP contribution < -0.4 is 5.32 Å². The Bertz CT molecular complexity index is 781. The highest BCUT2D eigenvalue weighted by molar-refractivity contribution is 6.34. The molecule has 0 spiro atoms. The highest BCUT2D eigenvalue weighted by Crippen LogP contribution is 2.22. The Morgan fingerprint density at radius 3 is 2.96 bits per heavy atom. The standard InChI is InChI=1S/C16H18ClN5O/c17-16-13-4-1-2-5-14(13)22(20-16)10-6-15(23)19-7-3-9-21-11-8-18-12-21/h1-2,4-5,8,11-12H,3,6-7,9-10H2,(H,19,23). The maximum Gasteiger partial charge on any atom is 0.221 e. The third-order valence-electron chi connectivity index (χ3n) is 3.64. The van der Waals surface area contributed by atoms with Crippen LogP contribution in [0.25, 0.3) is 10.9 Å². The molecule has 6 nitrogen and oxygen atoms in total. The first kappa shape index (κ1) is 15.6. The van der Waals surface area contributed by atoms with Crippen molar-refractivity contribution in [2.45, 2.75) is 25.9 Å². The molecule has 3 rings (SSSR count). The Hall–Kier alpha value is -2.34. The number of aryl methyl sites for hydroxylation is 2. The minimum Gasteiger partial charge on any atom is -0.356 e. The maximum atomic E-state index is 11.9. The quantitative estimate of drug-likeness (QED) is 0.676. The van der Waals surface area contributed by atoms with Crippen molar-refractivity contribution in [3.8, 4) is 0 Å². The topological polar surface area (TPSA) is 64.7 Å². The molecule has 23 heavy (non-hydrogen) atoms. The van der Waals surface area contributed by atoms with Gasteiger partial charge in [-0.05, 0) is 18.6 Å². The first-order chi connectivity index (χ1) is 11.2. The number of nitrogens with zero attached hydrogens (tertiary/aromatic N) is 4. The Morgan fingerprint density at radius 1 is 1.26 bits per heavy atom. The molecule has 0 saturated heterocycles. The number of hydrogen-bond donors (Lipinski definition) is 1. The molecule has 0 atom stereocenters. The Balaban J connectivity index is 1.45. The highest BCUT2D eigenvalue weighted by Gasteiger charge is 2.09. The molecule has 1 aromatic carbocycles. The van der Waals surface area contributed by atoms with Gasteiger partial charge in [0.1, 0.15) is 0 Å². The second-order valence-corrected chi connectivity index (χ2v) is 5.64. The first-order valence-corrected chi connectivity index (χ1v) is 7.95. The highest BCUT2D eigenvalue weighted by atomic mass is 35.5. The van der Waals surface area contributed by atoms with Crippen LogP contribution in [0.15, 0.2) is 43.0 Å². The van der Waals surface area contributed by atoms with E-state index in [9.17, 15) is 4.79 Å². The molecule has 0 saturated carbocycles. The number of carbonyl (C=O) groups excluding carboxylic acids is 1. The first-order valence-electron chi connectivity index (χ1n) is 7.57. The third kappa shape index (κ3) is 3.90. The molecule has 3 aromatic rings. The van der Waals surface area contributed by atoms with Crippen LogP contribution in [0.2, 0.25) is 5.15 Å². The number of carbonyl (C=O) groups is 1. The largest absolute Gasteiger partial charge is 0.356 e. The minimum absolute atomic E-state index is 0.0198. The van der Waals surface area contributed by atoms with Crippen molar-refractivity contribution in [3.05, 3.63) is 48.1 Å². The number of imidazole rings is 1. The van der Waals surface area contributed by atoms with Crippen LogP contribution in [0.4, 0.5) is 0 Å². The summed E-state index contributed by atoms with van der Waals surface area (Å²) in [5.74, 6) is 0.0198. The van der Waals surface area contributed by atoms with Gasteiger partial charge in [-0.2, -0.15) is 5.10 Å². The second-order valence-electron chi connectivity index (χ2n) is 5.29. The van der Waals surface area contributed by atoms with E-state index in [4.69, 9.17) is 11.6 Å². The number of fused-ring (bicyclic) bond motifs is 1. The molecular formula is C16H18ClN5O. The molecular weight excluding hydrogens is 314 g/mol. The van der Waals surface area contributed by atoms with Crippen molar-refractivity contribution in [2.24, 2.45) is 0 Å². The lowest BCUT2D eigenvalue weighted by molar-refractivity contribution is -0.121. The Morgan fingerprint density at radius 2 is 2.13 bits per heavy atom. The number of aromatic nitrogens is 4. The maximum absolute atomic E-state index is 11.9. The van der Waals surface area contributed by atoms with Gasteiger partial charge in [0, 0.05) is 37.3 Å². The number of halogens is 1. The number of benzene rings is 1. The molecule has 0 aliphatic rings. The molecule has 120 valence electrons. The lowest BCUT2D eigenvalue weighted by atomic mass is 10.2. The monoisotopic (exact) mass is 331 g/mol. The summed E-state index contributed by atoms with van der Waals surface area (Å²) in [4.78, 5) is 15.9. The summed E-state index contributed by atoms with van der Waals surface area (Å²) in [5, 5.41) is 8.59. The number of nitrogens with one attached hydrogen (secondary N) is 1. The zero-order valence-electron chi connectivity index (χ0n) is 12.7. The molecule has 0 unspecified atom stereocenters. The number of hydrogen-bond acceptors (Lipinski definition) is 3. The lowest BCUT2D eigenvalue weighted by Crippen LogP contribution is -2.26. The average Bonchev–Trinajstić information content (AvgIpc) is 3.18. The van der Waals surface area contributed by atoms with Crippen molar-refractivity contribution >= 4 is 28.4 Å². The predicted molar refractivity (Wildman–Crippen MR) is 89.2 cm³/mol. The molecule has 7 heteroatoms. The van der Waals surface area contributed by atoms with Gasteiger partial charge in [-0.15, -0.1) is 0 Å². The molecule has 0 aliphatic heterocycles. The van der Waals surface area contributed by atoms with E-state index in [0.29, 0.717) is 24.7 Å². The summed E-state index contributed by atoms with van der Waals surface area (Å²) in [6, 6.07) is 7.74. The number of amides is 1. The van der Waals surface area contributed by atoms with E-state index in [2.05, 4.69) is 15.4 Å². The number of rotatable bonds is 7. The van der Waals surface area contributed by atoms with E-state index in [1.54, 1.807) is 17.2 Å². The summed E-state index contributed by atoms with van der Waals surface area (Å²) in [6.45, 7) is 2.01. The van der Waals surface area contributed by atoms with Crippen molar-refractivity contribution in [3.63, 3.8) is 0 Å². The van der Waals surface area contributed by atoms with Gasteiger partial charge in [-0.1, -0.05) is 23.7 Å². The lowest BCUT2D eigenvalue weighted by Gasteiger charge is -2.06. The van der Waals surface area contributed by atoms with Crippen LogP contribution in [0, 0.1) is 0 Å². The van der Waals surface area contributed by atoms with E-state index >= 15 is 0 Å². The smallest absolute Gasteiger partial charge is 0.221 e. The van der Waals surface area contributed by atoms with Gasteiger partial charge >= 0.3 is 0 Å². The van der Waals surface area contributed by atoms with Gasteiger partial charge in [-0.25, -0.2) is 4.98 Å². The fourth-order valence-corrected chi connectivity index (χ4v) is 2.71. The van der Waals surface area contributed by atoms with Gasteiger partial charge in [0.2, 0.25) is 5.91 Å². The summed E-state index contributed by atoms with van der Waals surface area (Å²) in [6.07, 6.45) is 6.69. The fourth-order valence-electron chi connectivity index (χ4n) is 2.46. The normalized spacial score (nSPS) is 11.0. The van der Waals surface area contributed by atoms with E-state index < -0.39 is 0 Å². The summed E-state index contributed by atoms with van der Waals surface area (Å²) < 4.78 is 3.77. The van der Waals surface area contributed by atoms with Crippen LogP contribution in [0.3, 0.4) is 0 Å². The number of para-hydroxylation sites is 1. The molecule has 0 radical (unpaired) electrons. The van der Waals surface area contributed by atoms with Gasteiger partial charge in [0.25, 0.3) is 0 Å². The molecule has 0 fully saturated rings. The summed E-state index contributed by atoms with van der Waals surface area (Å²) >= 11 is 6.10. The van der Waals surface area contributed by atoms with E-state index in [1.807, 2.05) is 35.0 Å². The van der Waals surface area contributed by atoms with Crippen LogP contribution >= 0.6 is 11.6 Å². The van der Waals surface area contributed by atoms with E-state index in [1.165, 1.54) is 0 Å². The van der Waals surface area contributed by atoms with Crippen molar-refractivity contribution < 1.29 is 4.79 Å². The van der Waals surface area contributed by atoms with Crippen LogP contribution in [0.1, 0.15) is 12.8 Å². The molecule has 1 N–H and O–H groups in total. The minimum atomic E-state index is 0.0198. The molecule has 2 heterocycles. The van der Waals surface area contributed by atoms with Crippen molar-refractivity contribution in [1.82, 2.24) is 24.6 Å². The van der Waals surface area contributed by atoms with Crippen LogP contribution in [-0.4, -0.2) is 31.8 Å². The van der Waals surface area contributed by atoms with Gasteiger partial charge in [0.15, 0.2) is 5.15 Å². The molecule has 1 amide bonds. The van der Waals surface area contributed by atoms with Gasteiger partial charge in [-0.3, -0.25) is 9.48 Å².